The number of esters is 1. The molecule has 1 aromatic heterocycles. The van der Waals surface area contributed by atoms with Gasteiger partial charge in [0.15, 0.2) is 16.3 Å². The Labute approximate surface area is 307 Å². The van der Waals surface area contributed by atoms with Gasteiger partial charge in [-0.3, -0.25) is 9.36 Å². The molecule has 1 aliphatic rings. The average Bonchev–Trinajstić information content (AvgIpc) is 3.41. The van der Waals surface area contributed by atoms with Gasteiger partial charge in [-0.05, 0) is 76.4 Å². The van der Waals surface area contributed by atoms with Crippen LogP contribution >= 0.6 is 45.5 Å². The summed E-state index contributed by atoms with van der Waals surface area (Å²) in [6, 6.07) is 28.2. The Bertz CT molecular complexity index is 2230. The van der Waals surface area contributed by atoms with Crippen molar-refractivity contribution in [1.29, 1.82) is 0 Å². The van der Waals surface area contributed by atoms with E-state index in [0.29, 0.717) is 43.0 Å². The van der Waals surface area contributed by atoms with Crippen molar-refractivity contribution in [2.75, 3.05) is 13.7 Å². The van der Waals surface area contributed by atoms with Crippen LogP contribution in [0, 0.1) is 3.57 Å². The standard InChI is InChI=1S/C39H34ClIN2O5S/c1-5-47-38(45)33-34(26-11-7-6-8-12-26)42-39-43(35(33)27-17-15-25(16-18-27)23(2)3)37(44)32(49-39)21-24-19-30(41)36(31(20-24)46-4)48-22-28-13-9-10-14-29(28)40/h6-21,23,35H,5,22H2,1-4H3/b32-21-/t35-/m0/s1. The zero-order valence-corrected chi connectivity index (χ0v) is 31.1. The van der Waals surface area contributed by atoms with Crippen molar-refractivity contribution < 1.29 is 19.0 Å². The van der Waals surface area contributed by atoms with Gasteiger partial charge in [0.25, 0.3) is 5.56 Å². The SMILES string of the molecule is CCOC(=O)C1=C(c2ccccc2)N=c2s/c(=C\c3cc(I)c(OCc4ccccc4Cl)c(OC)c3)c(=O)n2[C@H]1c1ccc(C(C)C)cc1. The number of carbonyl (C=O) groups is 1. The van der Waals surface area contributed by atoms with Crippen LogP contribution in [0.2, 0.25) is 5.02 Å². The summed E-state index contributed by atoms with van der Waals surface area (Å²) in [5.41, 5.74) is 4.87. The van der Waals surface area contributed by atoms with Crippen molar-refractivity contribution in [2.24, 2.45) is 4.99 Å². The normalized spacial score (nSPS) is 14.4. The highest BCUT2D eigenvalue weighted by atomic mass is 127. The number of ether oxygens (including phenoxy) is 3. The lowest BCUT2D eigenvalue weighted by molar-refractivity contribution is -0.138. The molecule has 0 unspecified atom stereocenters. The zero-order valence-electron chi connectivity index (χ0n) is 27.4. The number of aromatic nitrogens is 1. The minimum Gasteiger partial charge on any atom is -0.493 e. The molecule has 0 aliphatic carbocycles. The minimum absolute atomic E-state index is 0.187. The predicted octanol–water partition coefficient (Wildman–Crippen LogP) is 7.90. The summed E-state index contributed by atoms with van der Waals surface area (Å²) in [5, 5.41) is 0.624. The lowest BCUT2D eigenvalue weighted by Gasteiger charge is -2.26. The van der Waals surface area contributed by atoms with E-state index >= 15 is 0 Å². The number of carbonyl (C=O) groups excluding carboxylic acids is 1. The molecule has 0 fully saturated rings. The molecule has 250 valence electrons. The van der Waals surface area contributed by atoms with Crippen LogP contribution < -0.4 is 24.4 Å². The Hall–Kier alpha value is -4.19. The summed E-state index contributed by atoms with van der Waals surface area (Å²) >= 11 is 9.83. The molecular formula is C39H34ClIN2O5S. The largest absolute Gasteiger partial charge is 0.493 e. The van der Waals surface area contributed by atoms with E-state index in [-0.39, 0.29) is 18.8 Å². The monoisotopic (exact) mass is 804 g/mol. The first-order valence-electron chi connectivity index (χ1n) is 15.8. The third-order valence-corrected chi connectivity index (χ3v) is 10.3. The maximum atomic E-state index is 14.4. The van der Waals surface area contributed by atoms with Crippen molar-refractivity contribution in [3.05, 3.63) is 153 Å². The first kappa shape index (κ1) is 34.7. The highest BCUT2D eigenvalue weighted by Crippen LogP contribution is 2.37. The fourth-order valence-electron chi connectivity index (χ4n) is 5.70. The molecule has 10 heteroatoms. The van der Waals surface area contributed by atoms with Gasteiger partial charge >= 0.3 is 5.97 Å². The lowest BCUT2D eigenvalue weighted by atomic mass is 9.91. The summed E-state index contributed by atoms with van der Waals surface area (Å²) in [4.78, 5) is 33.6. The number of fused-ring (bicyclic) bond motifs is 1. The fraction of sp³-hybridized carbons (Fsp3) is 0.205. The second-order valence-electron chi connectivity index (χ2n) is 11.7. The zero-order chi connectivity index (χ0) is 34.7. The van der Waals surface area contributed by atoms with Gasteiger partial charge in [-0.15, -0.1) is 0 Å². The summed E-state index contributed by atoms with van der Waals surface area (Å²) < 4.78 is 20.4. The second kappa shape index (κ2) is 15.1. The topological polar surface area (TPSA) is 79.1 Å². The molecule has 0 spiro atoms. The first-order chi connectivity index (χ1) is 23.7. The molecule has 0 saturated heterocycles. The maximum absolute atomic E-state index is 14.4. The molecule has 4 aromatic carbocycles. The average molecular weight is 805 g/mol. The predicted molar refractivity (Wildman–Crippen MR) is 203 cm³/mol. The number of halogens is 2. The summed E-state index contributed by atoms with van der Waals surface area (Å²) in [6.45, 7) is 6.48. The Morgan fingerprint density at radius 3 is 2.43 bits per heavy atom. The maximum Gasteiger partial charge on any atom is 0.338 e. The fourth-order valence-corrected chi connectivity index (χ4v) is 7.67. The van der Waals surface area contributed by atoms with Crippen molar-refractivity contribution in [1.82, 2.24) is 4.57 Å². The third kappa shape index (κ3) is 7.25. The van der Waals surface area contributed by atoms with E-state index in [2.05, 4.69) is 36.4 Å². The molecule has 0 amide bonds. The number of benzene rings is 4. The third-order valence-electron chi connectivity index (χ3n) is 8.17. The van der Waals surface area contributed by atoms with E-state index in [1.807, 2.05) is 97.1 Å². The van der Waals surface area contributed by atoms with Gasteiger partial charge in [0.05, 0.1) is 39.1 Å². The van der Waals surface area contributed by atoms with Gasteiger partial charge in [0.1, 0.15) is 6.61 Å². The number of methoxy groups -OCH3 is 1. The molecule has 0 radical (unpaired) electrons. The molecule has 0 saturated carbocycles. The lowest BCUT2D eigenvalue weighted by Crippen LogP contribution is -2.40. The van der Waals surface area contributed by atoms with Crippen molar-refractivity contribution in [3.63, 3.8) is 0 Å². The van der Waals surface area contributed by atoms with Crippen molar-refractivity contribution >= 4 is 63.3 Å². The highest BCUT2D eigenvalue weighted by Gasteiger charge is 2.35. The minimum atomic E-state index is -0.746. The number of thiazole rings is 1. The van der Waals surface area contributed by atoms with Crippen molar-refractivity contribution in [2.45, 2.75) is 39.3 Å². The Morgan fingerprint density at radius 2 is 1.76 bits per heavy atom. The van der Waals surface area contributed by atoms with Crippen LogP contribution in [0.1, 0.15) is 60.5 Å². The van der Waals surface area contributed by atoms with E-state index in [1.165, 1.54) is 11.3 Å². The van der Waals surface area contributed by atoms with Crippen LogP contribution in [-0.2, 0) is 16.1 Å². The number of hydrogen-bond acceptors (Lipinski definition) is 7. The van der Waals surface area contributed by atoms with E-state index in [0.717, 1.165) is 31.4 Å². The van der Waals surface area contributed by atoms with Gasteiger partial charge in [0.2, 0.25) is 0 Å². The number of rotatable bonds is 10. The van der Waals surface area contributed by atoms with E-state index < -0.39 is 12.0 Å². The van der Waals surface area contributed by atoms with Crippen molar-refractivity contribution in [3.8, 4) is 11.5 Å². The van der Waals surface area contributed by atoms with E-state index in [4.69, 9.17) is 30.8 Å². The summed E-state index contributed by atoms with van der Waals surface area (Å²) in [7, 11) is 1.58. The molecule has 7 nitrogen and oxygen atoms in total. The summed E-state index contributed by atoms with van der Waals surface area (Å²) in [6.07, 6.45) is 1.82. The van der Waals surface area contributed by atoms with Gasteiger partial charge in [-0.25, -0.2) is 9.79 Å². The van der Waals surface area contributed by atoms with Crippen LogP contribution in [0.4, 0.5) is 0 Å². The van der Waals surface area contributed by atoms with Gasteiger partial charge < -0.3 is 14.2 Å². The molecule has 49 heavy (non-hydrogen) atoms. The quantitative estimate of drug-likeness (QED) is 0.106. The molecular weight excluding hydrogens is 771 g/mol. The molecule has 1 atom stereocenters. The molecule has 2 heterocycles. The molecule has 5 aromatic rings. The Kier molecular flexibility index (Phi) is 10.7. The molecule has 6 rings (SSSR count). The van der Waals surface area contributed by atoms with Crippen LogP contribution in [0.15, 0.2) is 106 Å². The number of hydrogen-bond donors (Lipinski definition) is 0. The molecule has 0 N–H and O–H groups in total. The van der Waals surface area contributed by atoms with E-state index in [9.17, 15) is 9.59 Å². The highest BCUT2D eigenvalue weighted by molar-refractivity contribution is 14.1. The number of nitrogens with zero attached hydrogens (tertiary/aromatic N) is 2. The second-order valence-corrected chi connectivity index (χ2v) is 14.2. The molecule has 1 aliphatic heterocycles. The van der Waals surface area contributed by atoms with Gasteiger partial charge in [-0.2, -0.15) is 0 Å². The smallest absolute Gasteiger partial charge is 0.338 e. The first-order valence-corrected chi connectivity index (χ1v) is 18.1. The van der Waals surface area contributed by atoms with E-state index in [1.54, 1.807) is 18.6 Å². The van der Waals surface area contributed by atoms with Gasteiger partial charge in [-0.1, -0.05) is 110 Å². The molecule has 0 bridgehead atoms. The van der Waals surface area contributed by atoms with Crippen LogP contribution in [0.3, 0.4) is 0 Å². The van der Waals surface area contributed by atoms with Crippen LogP contribution in [0.5, 0.6) is 11.5 Å². The Morgan fingerprint density at radius 1 is 1.04 bits per heavy atom. The summed E-state index contributed by atoms with van der Waals surface area (Å²) in [5.74, 6) is 0.919. The van der Waals surface area contributed by atoms with Gasteiger partial charge in [0, 0.05) is 16.1 Å². The Balaban J connectivity index is 1.50. The van der Waals surface area contributed by atoms with Crippen LogP contribution in [0.25, 0.3) is 11.8 Å². The van der Waals surface area contributed by atoms with Crippen LogP contribution in [-0.4, -0.2) is 24.3 Å².